The van der Waals surface area contributed by atoms with Crippen molar-refractivity contribution in [3.8, 4) is 0 Å². The Bertz CT molecular complexity index is 1060. The molecule has 5 aliphatic rings. The van der Waals surface area contributed by atoms with Crippen molar-refractivity contribution in [2.75, 3.05) is 19.7 Å². The second-order valence-electron chi connectivity index (χ2n) is 8.31. The van der Waals surface area contributed by atoms with Gasteiger partial charge in [-0.2, -0.15) is 0 Å². The van der Waals surface area contributed by atoms with Crippen LogP contribution in [0.4, 0.5) is 4.39 Å². The van der Waals surface area contributed by atoms with Crippen molar-refractivity contribution < 1.29 is 23.8 Å². The topological polar surface area (TPSA) is 79.2 Å². The molecule has 1 saturated heterocycles. The van der Waals surface area contributed by atoms with E-state index in [-0.39, 0.29) is 24.4 Å². The van der Waals surface area contributed by atoms with Gasteiger partial charge in [0.1, 0.15) is 12.4 Å². The number of carbonyl (C=O) groups is 2. The number of nitrogens with zero attached hydrogens (tertiary/aromatic N) is 2. The first-order valence-corrected chi connectivity index (χ1v) is 10.3. The van der Waals surface area contributed by atoms with Crippen LogP contribution in [0.2, 0.25) is 0 Å². The number of carbonyl (C=O) groups excluding carboxylic acids is 2. The molecule has 2 atom stereocenters. The van der Waals surface area contributed by atoms with E-state index in [1.165, 1.54) is 11.6 Å². The molecule has 0 aromatic rings. The smallest absolute Gasteiger partial charge is 0.339 e. The SMILES string of the molecule is C=C/C(F)=C(/C)C1=C2CN=C3C(=C2CCC1)CN1C(=O)C2=C(CC31)C(O)C(=O)OC2. The lowest BCUT2D eigenvalue weighted by molar-refractivity contribution is -0.153. The van der Waals surface area contributed by atoms with Crippen molar-refractivity contribution in [3.63, 3.8) is 0 Å². The maximum atomic E-state index is 14.2. The Morgan fingerprint density at radius 1 is 1.27 bits per heavy atom. The number of aliphatic hydroxyl groups is 1. The molecule has 156 valence electrons. The minimum atomic E-state index is -1.38. The summed E-state index contributed by atoms with van der Waals surface area (Å²) in [5.74, 6) is -1.22. The Balaban J connectivity index is 1.57. The predicted molar refractivity (Wildman–Crippen MR) is 108 cm³/mol. The van der Waals surface area contributed by atoms with Crippen molar-refractivity contribution in [3.05, 3.63) is 57.5 Å². The highest BCUT2D eigenvalue weighted by Crippen LogP contribution is 2.44. The summed E-state index contributed by atoms with van der Waals surface area (Å²) in [5, 5.41) is 10.3. The Labute approximate surface area is 173 Å². The van der Waals surface area contributed by atoms with Crippen LogP contribution in [0.1, 0.15) is 32.6 Å². The second kappa shape index (κ2) is 6.87. The molecule has 30 heavy (non-hydrogen) atoms. The zero-order valence-corrected chi connectivity index (χ0v) is 16.8. The zero-order chi connectivity index (χ0) is 21.2. The number of aliphatic imine (C=N–C) groups is 1. The summed E-state index contributed by atoms with van der Waals surface area (Å²) in [6.07, 6.45) is 2.85. The Hall–Kier alpha value is -2.80. The van der Waals surface area contributed by atoms with E-state index in [4.69, 9.17) is 9.73 Å². The molecule has 0 radical (unpaired) electrons. The van der Waals surface area contributed by atoms with E-state index in [2.05, 4.69) is 6.58 Å². The third kappa shape index (κ3) is 2.61. The number of allylic oxidation sites excluding steroid dienone is 4. The van der Waals surface area contributed by atoms with Gasteiger partial charge >= 0.3 is 5.97 Å². The van der Waals surface area contributed by atoms with Crippen molar-refractivity contribution >= 4 is 17.6 Å². The number of hydrogen-bond acceptors (Lipinski definition) is 5. The molecule has 2 unspecified atom stereocenters. The number of amides is 1. The van der Waals surface area contributed by atoms with E-state index < -0.39 is 12.1 Å². The van der Waals surface area contributed by atoms with Crippen LogP contribution in [-0.4, -0.2) is 59.4 Å². The quantitative estimate of drug-likeness (QED) is 0.560. The van der Waals surface area contributed by atoms with Gasteiger partial charge in [0.2, 0.25) is 0 Å². The van der Waals surface area contributed by atoms with Gasteiger partial charge in [-0.25, -0.2) is 9.18 Å². The van der Waals surface area contributed by atoms with E-state index in [0.717, 1.165) is 41.7 Å². The molecule has 5 rings (SSSR count). The van der Waals surface area contributed by atoms with Gasteiger partial charge in [-0.3, -0.25) is 9.79 Å². The van der Waals surface area contributed by atoms with Crippen LogP contribution in [0.15, 0.2) is 62.5 Å². The maximum absolute atomic E-state index is 14.2. The first-order valence-electron chi connectivity index (χ1n) is 10.3. The highest BCUT2D eigenvalue weighted by Gasteiger charge is 2.48. The molecular weight excluding hydrogens is 387 g/mol. The maximum Gasteiger partial charge on any atom is 0.339 e. The molecule has 0 spiro atoms. The molecule has 1 N–H and O–H groups in total. The Morgan fingerprint density at radius 3 is 2.83 bits per heavy atom. The summed E-state index contributed by atoms with van der Waals surface area (Å²) in [5.41, 5.74) is 6.60. The number of cyclic esters (lactones) is 1. The molecule has 1 amide bonds. The lowest BCUT2D eigenvalue weighted by Gasteiger charge is -2.36. The van der Waals surface area contributed by atoms with Gasteiger partial charge in [0.05, 0.1) is 23.9 Å². The molecule has 1 aliphatic carbocycles. The molecule has 4 heterocycles. The normalized spacial score (nSPS) is 29.0. The van der Waals surface area contributed by atoms with Crippen LogP contribution in [0.25, 0.3) is 0 Å². The van der Waals surface area contributed by atoms with Gasteiger partial charge in [-0.05, 0) is 72.1 Å². The van der Waals surface area contributed by atoms with E-state index >= 15 is 0 Å². The number of hydrogen-bond donors (Lipinski definition) is 1. The zero-order valence-electron chi connectivity index (χ0n) is 16.8. The van der Waals surface area contributed by atoms with Gasteiger partial charge in [0, 0.05) is 6.54 Å². The fourth-order valence-corrected chi connectivity index (χ4v) is 5.34. The Morgan fingerprint density at radius 2 is 2.07 bits per heavy atom. The Kier molecular flexibility index (Phi) is 4.39. The average Bonchev–Trinajstić information content (AvgIpc) is 3.14. The summed E-state index contributed by atoms with van der Waals surface area (Å²) < 4.78 is 19.2. The van der Waals surface area contributed by atoms with Gasteiger partial charge in [0.25, 0.3) is 5.91 Å². The number of dihydropyridines is 1. The van der Waals surface area contributed by atoms with Gasteiger partial charge < -0.3 is 14.7 Å². The molecule has 7 heteroatoms. The van der Waals surface area contributed by atoms with Crippen LogP contribution < -0.4 is 0 Å². The van der Waals surface area contributed by atoms with E-state index in [9.17, 15) is 19.1 Å². The summed E-state index contributed by atoms with van der Waals surface area (Å²) in [6.45, 7) is 6.13. The number of aliphatic hydroxyl groups excluding tert-OH is 1. The van der Waals surface area contributed by atoms with E-state index in [1.54, 1.807) is 11.8 Å². The van der Waals surface area contributed by atoms with Gasteiger partial charge in [-0.1, -0.05) is 6.58 Å². The molecule has 1 fully saturated rings. The van der Waals surface area contributed by atoms with Crippen molar-refractivity contribution in [2.45, 2.75) is 44.8 Å². The molecule has 4 aliphatic heterocycles. The third-order valence-electron chi connectivity index (χ3n) is 6.91. The minimum Gasteiger partial charge on any atom is -0.458 e. The molecule has 0 bridgehead atoms. The minimum absolute atomic E-state index is 0.0915. The van der Waals surface area contributed by atoms with Crippen molar-refractivity contribution in [2.24, 2.45) is 4.99 Å². The molecular formula is C23H23FN2O4. The third-order valence-corrected chi connectivity index (χ3v) is 6.91. The molecule has 0 aromatic heterocycles. The number of fused-ring (bicyclic) bond motifs is 4. The molecule has 0 saturated carbocycles. The number of ether oxygens (including phenoxy) is 1. The highest BCUT2D eigenvalue weighted by atomic mass is 19.1. The number of halogens is 1. The van der Waals surface area contributed by atoms with Crippen LogP contribution in [0.3, 0.4) is 0 Å². The first kappa shape index (κ1) is 19.2. The summed E-state index contributed by atoms with van der Waals surface area (Å²) >= 11 is 0. The summed E-state index contributed by atoms with van der Waals surface area (Å²) in [7, 11) is 0. The van der Waals surface area contributed by atoms with E-state index in [0.29, 0.717) is 36.2 Å². The first-order chi connectivity index (χ1) is 14.4. The summed E-state index contributed by atoms with van der Waals surface area (Å²) in [6, 6.07) is -0.271. The molecule has 0 aromatic carbocycles. The molecule has 6 nitrogen and oxygen atoms in total. The fraction of sp³-hybridized carbons (Fsp3) is 0.435. The number of esters is 1. The van der Waals surface area contributed by atoms with Gasteiger partial charge in [0.15, 0.2) is 6.10 Å². The van der Waals surface area contributed by atoms with Crippen molar-refractivity contribution in [1.82, 2.24) is 4.90 Å². The van der Waals surface area contributed by atoms with Crippen LogP contribution >= 0.6 is 0 Å². The average molecular weight is 410 g/mol. The van der Waals surface area contributed by atoms with E-state index in [1.807, 2.05) is 0 Å². The van der Waals surface area contributed by atoms with Gasteiger partial charge in [-0.15, -0.1) is 0 Å². The van der Waals surface area contributed by atoms with Crippen LogP contribution in [0.5, 0.6) is 0 Å². The largest absolute Gasteiger partial charge is 0.458 e. The fourth-order valence-electron chi connectivity index (χ4n) is 5.34. The lowest BCUT2D eigenvalue weighted by atomic mass is 9.79. The van der Waals surface area contributed by atoms with Crippen LogP contribution in [-0.2, 0) is 14.3 Å². The standard InChI is InChI=1S/C23H23FN2O4/c1-3-18(24)11(2)12-5-4-6-13-15(12)8-25-20-16(13)9-26-19(20)7-14-17(22(26)28)10-30-23(29)21(14)27/h3,19,21,27H,1,4-10H2,2H3/b18-11+. The van der Waals surface area contributed by atoms with Crippen molar-refractivity contribution in [1.29, 1.82) is 0 Å². The monoisotopic (exact) mass is 410 g/mol. The number of rotatable bonds is 2. The predicted octanol–water partition coefficient (Wildman–Crippen LogP) is 2.48. The highest BCUT2D eigenvalue weighted by molar-refractivity contribution is 6.14. The second-order valence-corrected chi connectivity index (χ2v) is 8.31. The lowest BCUT2D eigenvalue weighted by Crippen LogP contribution is -2.49. The van der Waals surface area contributed by atoms with Crippen LogP contribution in [0, 0.1) is 0 Å². The summed E-state index contributed by atoms with van der Waals surface area (Å²) in [4.78, 5) is 31.5.